The van der Waals surface area contributed by atoms with Crippen LogP contribution in [0, 0.1) is 18.3 Å². The maximum atomic E-state index is 13.0. The van der Waals surface area contributed by atoms with Crippen molar-refractivity contribution in [3.8, 4) is 6.07 Å². The number of piperazine rings is 1. The van der Waals surface area contributed by atoms with Crippen molar-refractivity contribution in [2.24, 2.45) is 0 Å². The molecule has 0 radical (unpaired) electrons. The molecule has 0 N–H and O–H groups in total. The second-order valence-corrected chi connectivity index (χ2v) is 8.88. The summed E-state index contributed by atoms with van der Waals surface area (Å²) >= 11 is 6.13. The summed E-state index contributed by atoms with van der Waals surface area (Å²) < 4.78 is 2.31. The number of rotatable bonds is 3. The van der Waals surface area contributed by atoms with Gasteiger partial charge in [0.25, 0.3) is 0 Å². The van der Waals surface area contributed by atoms with Crippen LogP contribution in [-0.4, -0.2) is 40.0 Å². The van der Waals surface area contributed by atoms with E-state index in [0.717, 1.165) is 36.6 Å². The number of imidazole rings is 1. The Morgan fingerprint density at radius 2 is 1.88 bits per heavy atom. The highest BCUT2D eigenvalue weighted by atomic mass is 35.5. The predicted octanol–water partition coefficient (Wildman–Crippen LogP) is 4.49. The molecule has 1 saturated heterocycles. The molecule has 0 unspecified atom stereocenters. The lowest BCUT2D eigenvalue weighted by Crippen LogP contribution is -2.52. The molecule has 0 bridgehead atoms. The second kappa shape index (κ2) is 8.42. The van der Waals surface area contributed by atoms with Gasteiger partial charge in [0.1, 0.15) is 5.82 Å². The van der Waals surface area contributed by atoms with E-state index in [4.69, 9.17) is 16.9 Å². The van der Waals surface area contributed by atoms with Crippen molar-refractivity contribution in [3.63, 3.8) is 0 Å². The number of carbonyl (C=O) groups excluding carboxylic acids is 1. The van der Waals surface area contributed by atoms with Gasteiger partial charge in [0, 0.05) is 23.8 Å². The van der Waals surface area contributed by atoms with Crippen LogP contribution in [0.25, 0.3) is 0 Å². The molecule has 2 atom stereocenters. The minimum Gasteiger partial charge on any atom is -0.323 e. The highest BCUT2D eigenvalue weighted by molar-refractivity contribution is 6.30. The number of halogens is 1. The van der Waals surface area contributed by atoms with Crippen molar-refractivity contribution in [3.05, 3.63) is 82.4 Å². The second-order valence-electron chi connectivity index (χ2n) is 8.44. The summed E-state index contributed by atoms with van der Waals surface area (Å²) in [4.78, 5) is 21.7. The van der Waals surface area contributed by atoms with Gasteiger partial charge in [-0.1, -0.05) is 29.8 Å². The van der Waals surface area contributed by atoms with Crippen molar-refractivity contribution in [1.29, 1.82) is 5.26 Å². The number of aromatic nitrogens is 2. The average molecular weight is 446 g/mol. The van der Waals surface area contributed by atoms with E-state index in [9.17, 15) is 4.79 Å². The lowest BCUT2D eigenvalue weighted by Gasteiger charge is -2.42. The number of hydrogen-bond acceptors (Lipinski definition) is 4. The van der Waals surface area contributed by atoms with E-state index in [0.29, 0.717) is 23.7 Å². The zero-order valence-electron chi connectivity index (χ0n) is 17.9. The lowest BCUT2D eigenvalue weighted by molar-refractivity contribution is -0.122. The Bertz CT molecular complexity index is 1200. The van der Waals surface area contributed by atoms with Gasteiger partial charge in [-0.15, -0.1) is 0 Å². The maximum absolute atomic E-state index is 13.0. The van der Waals surface area contributed by atoms with Crippen LogP contribution in [0.5, 0.6) is 0 Å². The topological polar surface area (TPSA) is 65.2 Å². The van der Waals surface area contributed by atoms with Gasteiger partial charge < -0.3 is 9.47 Å². The van der Waals surface area contributed by atoms with Crippen molar-refractivity contribution in [1.82, 2.24) is 14.5 Å². The number of benzene rings is 2. The molecule has 0 saturated carbocycles. The van der Waals surface area contributed by atoms with Crippen molar-refractivity contribution < 1.29 is 4.79 Å². The van der Waals surface area contributed by atoms with Crippen LogP contribution in [0.15, 0.2) is 54.7 Å². The minimum atomic E-state index is 0.0931. The van der Waals surface area contributed by atoms with Crippen LogP contribution >= 0.6 is 11.6 Å². The Kier molecular flexibility index (Phi) is 5.46. The molecule has 3 heterocycles. The molecule has 1 fully saturated rings. The van der Waals surface area contributed by atoms with Gasteiger partial charge in [0.05, 0.1) is 42.2 Å². The number of fused-ring (bicyclic) bond motifs is 1. The number of carbonyl (C=O) groups is 1. The predicted molar refractivity (Wildman–Crippen MR) is 124 cm³/mol. The Morgan fingerprint density at radius 3 is 2.59 bits per heavy atom. The number of anilines is 1. The van der Waals surface area contributed by atoms with Crippen LogP contribution in [0.2, 0.25) is 5.02 Å². The fourth-order valence-corrected chi connectivity index (χ4v) is 5.24. The van der Waals surface area contributed by atoms with Crippen LogP contribution in [0.3, 0.4) is 0 Å². The zero-order valence-corrected chi connectivity index (χ0v) is 18.7. The molecule has 2 aliphatic heterocycles. The number of aryl methyl sites for hydroxylation is 1. The molecule has 1 aromatic heterocycles. The van der Waals surface area contributed by atoms with Gasteiger partial charge in [-0.05, 0) is 55.7 Å². The van der Waals surface area contributed by atoms with Crippen molar-refractivity contribution in [2.45, 2.75) is 31.8 Å². The molecule has 2 aliphatic rings. The van der Waals surface area contributed by atoms with Crippen molar-refractivity contribution in [2.75, 3.05) is 24.5 Å². The van der Waals surface area contributed by atoms with Gasteiger partial charge in [-0.25, -0.2) is 4.98 Å². The highest BCUT2D eigenvalue weighted by Gasteiger charge is 2.36. The summed E-state index contributed by atoms with van der Waals surface area (Å²) in [5, 5.41) is 9.74. The first-order chi connectivity index (χ1) is 15.5. The van der Waals surface area contributed by atoms with Crippen molar-refractivity contribution >= 4 is 23.2 Å². The van der Waals surface area contributed by atoms with Crippen LogP contribution < -0.4 is 4.90 Å². The monoisotopic (exact) mass is 445 g/mol. The quantitative estimate of drug-likeness (QED) is 0.595. The summed E-state index contributed by atoms with van der Waals surface area (Å²) in [6, 6.07) is 17.9. The summed E-state index contributed by atoms with van der Waals surface area (Å²) in [5.74, 6) is 1.07. The molecule has 162 valence electrons. The molecule has 2 aromatic carbocycles. The molecule has 3 aromatic rings. The smallest absolute Gasteiger partial charge is 0.241 e. The number of nitrogens with zero attached hydrogens (tertiary/aromatic N) is 5. The SMILES string of the molecule is Cc1ncc2n1[C@@H](c1ccc(C#N)cc1)CC[C@@H]2N1CCN(c2cccc(Cl)c2)C(=O)C1. The first-order valence-corrected chi connectivity index (χ1v) is 11.3. The Balaban J connectivity index is 1.38. The number of nitriles is 1. The molecule has 5 rings (SSSR count). The molecule has 6 nitrogen and oxygen atoms in total. The lowest BCUT2D eigenvalue weighted by atomic mass is 9.91. The summed E-state index contributed by atoms with van der Waals surface area (Å²) in [5.41, 5.74) is 3.87. The summed E-state index contributed by atoms with van der Waals surface area (Å²) in [6.07, 6.45) is 3.88. The molecular weight excluding hydrogens is 422 g/mol. The molecule has 0 spiro atoms. The summed E-state index contributed by atoms with van der Waals surface area (Å²) in [7, 11) is 0. The molecule has 32 heavy (non-hydrogen) atoms. The molecular formula is C25H24ClN5O. The van der Waals surface area contributed by atoms with Gasteiger partial charge in [0.15, 0.2) is 0 Å². The third-order valence-corrected chi connectivity index (χ3v) is 6.85. The van der Waals surface area contributed by atoms with Crippen LogP contribution in [-0.2, 0) is 4.79 Å². The van der Waals surface area contributed by atoms with Gasteiger partial charge in [-0.3, -0.25) is 9.69 Å². The number of hydrogen-bond donors (Lipinski definition) is 0. The van der Waals surface area contributed by atoms with E-state index in [-0.39, 0.29) is 18.0 Å². The van der Waals surface area contributed by atoms with E-state index >= 15 is 0 Å². The van der Waals surface area contributed by atoms with E-state index in [1.165, 1.54) is 5.56 Å². The summed E-state index contributed by atoms with van der Waals surface area (Å²) in [6.45, 7) is 3.85. The molecule has 1 amide bonds. The Hall–Kier alpha value is -3.14. The van der Waals surface area contributed by atoms with Crippen LogP contribution in [0.1, 0.15) is 47.6 Å². The zero-order chi connectivity index (χ0) is 22.2. The van der Waals surface area contributed by atoms with E-state index in [1.54, 1.807) is 0 Å². The van der Waals surface area contributed by atoms with E-state index < -0.39 is 0 Å². The minimum absolute atomic E-state index is 0.0931. The highest BCUT2D eigenvalue weighted by Crippen LogP contribution is 2.40. The third kappa shape index (κ3) is 3.68. The first-order valence-electron chi connectivity index (χ1n) is 10.9. The van der Waals surface area contributed by atoms with E-state index in [1.807, 2.05) is 66.6 Å². The number of amides is 1. The van der Waals surface area contributed by atoms with Gasteiger partial charge >= 0.3 is 0 Å². The fourth-order valence-electron chi connectivity index (χ4n) is 5.06. The van der Waals surface area contributed by atoms with Gasteiger partial charge in [0.2, 0.25) is 5.91 Å². The molecule has 7 heteroatoms. The standard InChI is InChI=1S/C25H24ClN5O/c1-17-28-15-24-23(10-9-22(31(17)24)19-7-5-18(14-27)6-8-19)29-11-12-30(25(32)16-29)21-4-2-3-20(26)13-21/h2-8,13,15,22-23H,9-12,16H2,1H3/t22-,23+/m1/s1. The third-order valence-electron chi connectivity index (χ3n) is 6.61. The fraction of sp³-hybridized carbons (Fsp3) is 0.320. The Labute approximate surface area is 192 Å². The largest absolute Gasteiger partial charge is 0.323 e. The maximum Gasteiger partial charge on any atom is 0.241 e. The average Bonchev–Trinajstić information content (AvgIpc) is 3.20. The molecule has 0 aliphatic carbocycles. The normalized spacial score (nSPS) is 21.3. The van der Waals surface area contributed by atoms with Crippen LogP contribution in [0.4, 0.5) is 5.69 Å². The van der Waals surface area contributed by atoms with Gasteiger partial charge in [-0.2, -0.15) is 5.26 Å². The van der Waals surface area contributed by atoms with E-state index in [2.05, 4.69) is 20.5 Å². The first kappa shape index (κ1) is 20.7. The Morgan fingerprint density at radius 1 is 1.09 bits per heavy atom.